The van der Waals surface area contributed by atoms with Gasteiger partial charge in [0.1, 0.15) is 0 Å². The Morgan fingerprint density at radius 3 is 2.21 bits per heavy atom. The Kier molecular flexibility index (Phi) is 10.9. The summed E-state index contributed by atoms with van der Waals surface area (Å²) >= 11 is 0. The molecule has 0 aliphatic rings. The standard InChI is InChI=1S/C16H33NO2/c1-5-6-7-8-9-11-17(12-10-14(2)3)13-15(4)16(18)19/h14-15H,5-13H2,1-4H3,(H,18,19). The van der Waals surface area contributed by atoms with Crippen molar-refractivity contribution in [3.05, 3.63) is 0 Å². The summed E-state index contributed by atoms with van der Waals surface area (Å²) in [5.74, 6) is -0.258. The van der Waals surface area contributed by atoms with Crippen LogP contribution in [0, 0.1) is 11.8 Å². The van der Waals surface area contributed by atoms with Gasteiger partial charge in [0.25, 0.3) is 0 Å². The Morgan fingerprint density at radius 1 is 1.05 bits per heavy atom. The molecule has 0 radical (unpaired) electrons. The van der Waals surface area contributed by atoms with Crippen molar-refractivity contribution < 1.29 is 9.90 Å². The second-order valence-electron chi connectivity index (χ2n) is 6.14. The molecule has 0 saturated carbocycles. The van der Waals surface area contributed by atoms with Gasteiger partial charge in [0, 0.05) is 6.54 Å². The van der Waals surface area contributed by atoms with Crippen molar-refractivity contribution in [3.63, 3.8) is 0 Å². The third-order valence-corrected chi connectivity index (χ3v) is 3.55. The first-order chi connectivity index (χ1) is 8.97. The molecule has 3 nitrogen and oxygen atoms in total. The van der Waals surface area contributed by atoms with E-state index in [1.165, 1.54) is 32.1 Å². The first-order valence-electron chi connectivity index (χ1n) is 7.92. The normalized spacial score (nSPS) is 13.2. The maximum absolute atomic E-state index is 11.0. The molecule has 1 N–H and O–H groups in total. The molecule has 0 aromatic carbocycles. The average Bonchev–Trinajstić information content (AvgIpc) is 2.34. The molecule has 114 valence electrons. The zero-order valence-corrected chi connectivity index (χ0v) is 13.3. The number of nitrogens with zero attached hydrogens (tertiary/aromatic N) is 1. The number of aliphatic carboxylic acids is 1. The van der Waals surface area contributed by atoms with Crippen LogP contribution in [0.25, 0.3) is 0 Å². The molecule has 0 heterocycles. The van der Waals surface area contributed by atoms with E-state index >= 15 is 0 Å². The van der Waals surface area contributed by atoms with Crippen molar-refractivity contribution in [2.24, 2.45) is 11.8 Å². The van der Waals surface area contributed by atoms with Gasteiger partial charge in [-0.3, -0.25) is 4.79 Å². The highest BCUT2D eigenvalue weighted by Crippen LogP contribution is 2.09. The largest absolute Gasteiger partial charge is 0.481 e. The van der Waals surface area contributed by atoms with E-state index in [9.17, 15) is 4.79 Å². The van der Waals surface area contributed by atoms with Crippen molar-refractivity contribution >= 4 is 5.97 Å². The lowest BCUT2D eigenvalue weighted by molar-refractivity contribution is -0.141. The Hall–Kier alpha value is -0.570. The number of hydrogen-bond donors (Lipinski definition) is 1. The number of rotatable bonds is 12. The molecule has 0 spiro atoms. The lowest BCUT2D eigenvalue weighted by Gasteiger charge is -2.25. The maximum atomic E-state index is 11.0. The van der Waals surface area contributed by atoms with Crippen molar-refractivity contribution in [1.29, 1.82) is 0 Å². The summed E-state index contributed by atoms with van der Waals surface area (Å²) in [6.45, 7) is 11.2. The second-order valence-corrected chi connectivity index (χ2v) is 6.14. The minimum atomic E-state index is -0.680. The van der Waals surface area contributed by atoms with E-state index in [2.05, 4.69) is 25.7 Å². The fraction of sp³-hybridized carbons (Fsp3) is 0.938. The van der Waals surface area contributed by atoms with Crippen LogP contribution in [0.15, 0.2) is 0 Å². The fourth-order valence-electron chi connectivity index (χ4n) is 2.14. The molecule has 3 heteroatoms. The number of hydrogen-bond acceptors (Lipinski definition) is 2. The summed E-state index contributed by atoms with van der Waals surface area (Å²) in [4.78, 5) is 13.3. The van der Waals surface area contributed by atoms with E-state index in [-0.39, 0.29) is 5.92 Å². The van der Waals surface area contributed by atoms with Gasteiger partial charge in [0.2, 0.25) is 0 Å². The number of carboxylic acid groups (broad SMARTS) is 1. The molecule has 19 heavy (non-hydrogen) atoms. The second kappa shape index (κ2) is 11.3. The van der Waals surface area contributed by atoms with E-state index in [0.717, 1.165) is 19.5 Å². The minimum Gasteiger partial charge on any atom is -0.481 e. The Morgan fingerprint density at radius 2 is 1.68 bits per heavy atom. The van der Waals surface area contributed by atoms with Crippen LogP contribution in [-0.4, -0.2) is 35.6 Å². The van der Waals surface area contributed by atoms with Gasteiger partial charge in [-0.1, -0.05) is 53.4 Å². The Balaban J connectivity index is 3.99. The van der Waals surface area contributed by atoms with Gasteiger partial charge in [0.15, 0.2) is 0 Å². The van der Waals surface area contributed by atoms with Crippen molar-refractivity contribution in [3.8, 4) is 0 Å². The molecule has 0 aromatic heterocycles. The van der Waals surface area contributed by atoms with Crippen LogP contribution in [-0.2, 0) is 4.79 Å². The average molecular weight is 271 g/mol. The summed E-state index contributed by atoms with van der Waals surface area (Å²) in [7, 11) is 0. The molecule has 0 amide bonds. The van der Waals surface area contributed by atoms with Gasteiger partial charge in [-0.25, -0.2) is 0 Å². The Bertz CT molecular complexity index is 229. The quantitative estimate of drug-likeness (QED) is 0.545. The number of carboxylic acids is 1. The summed E-state index contributed by atoms with van der Waals surface area (Å²) < 4.78 is 0. The van der Waals surface area contributed by atoms with Crippen molar-refractivity contribution in [2.75, 3.05) is 19.6 Å². The molecule has 0 aliphatic heterocycles. The predicted octanol–water partition coefficient (Wildman–Crippen LogP) is 4.03. The molecule has 0 saturated heterocycles. The first kappa shape index (κ1) is 18.4. The van der Waals surface area contributed by atoms with Gasteiger partial charge in [-0.15, -0.1) is 0 Å². The minimum absolute atomic E-state index is 0.261. The van der Waals surface area contributed by atoms with Gasteiger partial charge in [0.05, 0.1) is 5.92 Å². The molecule has 0 aromatic rings. The number of carbonyl (C=O) groups is 1. The molecule has 0 bridgehead atoms. The van der Waals surface area contributed by atoms with Crippen LogP contribution < -0.4 is 0 Å². The topological polar surface area (TPSA) is 40.5 Å². The highest BCUT2D eigenvalue weighted by atomic mass is 16.4. The fourth-order valence-corrected chi connectivity index (χ4v) is 2.14. The SMILES string of the molecule is CCCCCCCN(CCC(C)C)CC(C)C(=O)O. The smallest absolute Gasteiger partial charge is 0.307 e. The monoisotopic (exact) mass is 271 g/mol. The third-order valence-electron chi connectivity index (χ3n) is 3.55. The zero-order chi connectivity index (χ0) is 14.7. The van der Waals surface area contributed by atoms with Crippen LogP contribution in [0.1, 0.15) is 66.2 Å². The van der Waals surface area contributed by atoms with Gasteiger partial charge in [-0.05, 0) is 31.8 Å². The molecular weight excluding hydrogens is 238 g/mol. The van der Waals surface area contributed by atoms with Crippen LogP contribution in [0.4, 0.5) is 0 Å². The maximum Gasteiger partial charge on any atom is 0.307 e. The van der Waals surface area contributed by atoms with Crippen LogP contribution in [0.5, 0.6) is 0 Å². The van der Waals surface area contributed by atoms with Crippen LogP contribution in [0.2, 0.25) is 0 Å². The van der Waals surface area contributed by atoms with E-state index in [4.69, 9.17) is 5.11 Å². The highest BCUT2D eigenvalue weighted by molar-refractivity contribution is 5.69. The Labute approximate surface area is 119 Å². The van der Waals surface area contributed by atoms with Crippen LogP contribution >= 0.6 is 0 Å². The van der Waals surface area contributed by atoms with Crippen molar-refractivity contribution in [1.82, 2.24) is 4.90 Å². The lowest BCUT2D eigenvalue weighted by Crippen LogP contribution is -2.34. The summed E-state index contributed by atoms with van der Waals surface area (Å²) in [5, 5.41) is 9.02. The summed E-state index contributed by atoms with van der Waals surface area (Å²) in [6.07, 6.45) is 7.52. The first-order valence-corrected chi connectivity index (χ1v) is 7.92. The molecule has 0 aliphatic carbocycles. The van der Waals surface area contributed by atoms with E-state index in [1.807, 2.05) is 6.92 Å². The molecule has 1 atom stereocenters. The summed E-state index contributed by atoms with van der Waals surface area (Å²) in [6, 6.07) is 0. The van der Waals surface area contributed by atoms with Crippen molar-refractivity contribution in [2.45, 2.75) is 66.2 Å². The summed E-state index contributed by atoms with van der Waals surface area (Å²) in [5.41, 5.74) is 0. The third kappa shape index (κ3) is 11.0. The van der Waals surface area contributed by atoms with Gasteiger partial charge >= 0.3 is 5.97 Å². The molecule has 1 unspecified atom stereocenters. The van der Waals surface area contributed by atoms with E-state index < -0.39 is 5.97 Å². The van der Waals surface area contributed by atoms with Crippen LogP contribution in [0.3, 0.4) is 0 Å². The van der Waals surface area contributed by atoms with Gasteiger partial charge < -0.3 is 10.0 Å². The van der Waals surface area contributed by atoms with E-state index in [0.29, 0.717) is 12.5 Å². The predicted molar refractivity (Wildman–Crippen MR) is 81.5 cm³/mol. The van der Waals surface area contributed by atoms with Gasteiger partial charge in [-0.2, -0.15) is 0 Å². The molecular formula is C16H33NO2. The molecule has 0 fully saturated rings. The zero-order valence-electron chi connectivity index (χ0n) is 13.3. The lowest BCUT2D eigenvalue weighted by atomic mass is 10.1. The van der Waals surface area contributed by atoms with E-state index in [1.54, 1.807) is 0 Å². The number of unbranched alkanes of at least 4 members (excludes halogenated alkanes) is 4. The molecule has 0 rings (SSSR count). The highest BCUT2D eigenvalue weighted by Gasteiger charge is 2.15.